The lowest BCUT2D eigenvalue weighted by molar-refractivity contribution is -0.127. The van der Waals surface area contributed by atoms with E-state index < -0.39 is 15.6 Å². The summed E-state index contributed by atoms with van der Waals surface area (Å²) in [5, 5.41) is 7.18. The van der Waals surface area contributed by atoms with Crippen LogP contribution in [0.25, 0.3) is 0 Å². The number of nitrogens with zero attached hydrogens (tertiary/aromatic N) is 3. The molecule has 1 saturated heterocycles. The number of sulfonamides is 1. The van der Waals surface area contributed by atoms with E-state index in [1.54, 1.807) is 23.1 Å². The summed E-state index contributed by atoms with van der Waals surface area (Å²) in [6.07, 6.45) is 5.32. The Balaban J connectivity index is 1.87. The quantitative estimate of drug-likeness (QED) is 0.902. The number of hydrogen-bond acceptors (Lipinski definition) is 4. The fraction of sp³-hybridized carbons (Fsp3) is 0.375. The van der Waals surface area contributed by atoms with Gasteiger partial charge in [-0.05, 0) is 31.0 Å². The summed E-state index contributed by atoms with van der Waals surface area (Å²) in [6, 6.07) is 11.0. The lowest BCUT2D eigenvalue weighted by Gasteiger charge is -2.39. The van der Waals surface area contributed by atoms with E-state index in [9.17, 15) is 13.2 Å². The number of rotatable bonds is 4. The van der Waals surface area contributed by atoms with E-state index >= 15 is 0 Å². The first-order valence-corrected chi connectivity index (χ1v) is 9.58. The van der Waals surface area contributed by atoms with E-state index in [0.717, 1.165) is 0 Å². The van der Waals surface area contributed by atoms with Gasteiger partial charge in [-0.25, -0.2) is 12.7 Å². The average Bonchev–Trinajstić information content (AvgIpc) is 3.10. The average molecular weight is 348 g/mol. The predicted octanol–water partition coefficient (Wildman–Crippen LogP) is 1.27. The minimum Gasteiger partial charge on any atom is -0.324 e. The second-order valence-electron chi connectivity index (χ2n) is 5.96. The molecule has 0 spiro atoms. The molecule has 2 aromatic rings. The van der Waals surface area contributed by atoms with Gasteiger partial charge in [0, 0.05) is 31.2 Å². The molecule has 0 saturated carbocycles. The van der Waals surface area contributed by atoms with Crippen LogP contribution in [-0.4, -0.2) is 47.8 Å². The number of benzene rings is 1. The topological polar surface area (TPSA) is 84.3 Å². The molecular formula is C16H20N4O3S. The number of carbonyl (C=O) groups excluding carboxylic acids is 1. The Kier molecular flexibility index (Phi) is 4.42. The highest BCUT2D eigenvalue weighted by Crippen LogP contribution is 2.32. The summed E-state index contributed by atoms with van der Waals surface area (Å²) in [6.45, 7) is 0.585. The highest BCUT2D eigenvalue weighted by molar-refractivity contribution is 7.88. The number of hydrogen-bond donors (Lipinski definition) is 1. The molecule has 1 N–H and O–H groups in total. The molecule has 0 unspecified atom stereocenters. The molecule has 3 rings (SSSR count). The number of amides is 1. The molecule has 1 aliphatic rings. The van der Waals surface area contributed by atoms with E-state index in [2.05, 4.69) is 10.4 Å². The standard InChI is InChI=1S/C16H20N4O3S/c1-24(22,23)19-12-8-16(9-13-19,20-11-5-10-17-20)15(21)18-14-6-3-2-4-7-14/h2-7,10-11H,8-9,12-13H2,1H3,(H,18,21). The molecule has 1 aromatic heterocycles. The van der Waals surface area contributed by atoms with Crippen molar-refractivity contribution < 1.29 is 13.2 Å². The summed E-state index contributed by atoms with van der Waals surface area (Å²) < 4.78 is 26.5. The van der Waals surface area contributed by atoms with Gasteiger partial charge < -0.3 is 5.32 Å². The number of piperidine rings is 1. The van der Waals surface area contributed by atoms with Crippen LogP contribution < -0.4 is 5.32 Å². The second-order valence-corrected chi connectivity index (χ2v) is 7.95. The van der Waals surface area contributed by atoms with Crippen molar-refractivity contribution in [1.82, 2.24) is 14.1 Å². The molecule has 0 aliphatic carbocycles. The van der Waals surface area contributed by atoms with Crippen LogP contribution in [-0.2, 0) is 20.4 Å². The first-order valence-electron chi connectivity index (χ1n) is 7.74. The third kappa shape index (κ3) is 3.20. The van der Waals surface area contributed by atoms with Crippen molar-refractivity contribution in [3.8, 4) is 0 Å². The molecule has 0 radical (unpaired) electrons. The Bertz CT molecular complexity index is 795. The third-order valence-electron chi connectivity index (χ3n) is 4.42. The summed E-state index contributed by atoms with van der Waals surface area (Å²) in [5.74, 6) is -0.175. The molecule has 24 heavy (non-hydrogen) atoms. The van der Waals surface area contributed by atoms with Crippen LogP contribution in [0.5, 0.6) is 0 Å². The monoisotopic (exact) mass is 348 g/mol. The molecule has 1 aromatic carbocycles. The maximum Gasteiger partial charge on any atom is 0.252 e. The van der Waals surface area contributed by atoms with Gasteiger partial charge in [-0.3, -0.25) is 9.48 Å². The van der Waals surface area contributed by atoms with Gasteiger partial charge >= 0.3 is 0 Å². The van der Waals surface area contributed by atoms with Crippen molar-refractivity contribution in [3.05, 3.63) is 48.8 Å². The third-order valence-corrected chi connectivity index (χ3v) is 5.72. The number of anilines is 1. The number of aromatic nitrogens is 2. The first-order chi connectivity index (χ1) is 11.4. The molecule has 1 fully saturated rings. The highest BCUT2D eigenvalue weighted by Gasteiger charge is 2.45. The van der Waals surface area contributed by atoms with Crippen molar-refractivity contribution in [2.24, 2.45) is 0 Å². The zero-order chi connectivity index (χ0) is 17.2. The van der Waals surface area contributed by atoms with Crippen LogP contribution in [0.15, 0.2) is 48.8 Å². The van der Waals surface area contributed by atoms with Crippen molar-refractivity contribution >= 4 is 21.6 Å². The number of carbonyl (C=O) groups is 1. The Hall–Kier alpha value is -2.19. The van der Waals surface area contributed by atoms with Crippen molar-refractivity contribution in [3.63, 3.8) is 0 Å². The van der Waals surface area contributed by atoms with Gasteiger partial charge in [0.2, 0.25) is 10.0 Å². The lowest BCUT2D eigenvalue weighted by atomic mass is 9.87. The zero-order valence-electron chi connectivity index (χ0n) is 13.4. The summed E-state index contributed by atoms with van der Waals surface area (Å²) in [4.78, 5) is 13.0. The van der Waals surface area contributed by atoms with Crippen molar-refractivity contribution in [2.45, 2.75) is 18.4 Å². The van der Waals surface area contributed by atoms with Crippen molar-refractivity contribution in [1.29, 1.82) is 0 Å². The van der Waals surface area contributed by atoms with Crippen LogP contribution >= 0.6 is 0 Å². The fourth-order valence-electron chi connectivity index (χ4n) is 3.04. The minimum absolute atomic E-state index is 0.175. The molecule has 0 bridgehead atoms. The molecule has 128 valence electrons. The predicted molar refractivity (Wildman–Crippen MR) is 90.9 cm³/mol. The van der Waals surface area contributed by atoms with Crippen LogP contribution in [0, 0.1) is 0 Å². The smallest absolute Gasteiger partial charge is 0.252 e. The Morgan fingerprint density at radius 3 is 2.38 bits per heavy atom. The van der Waals surface area contributed by atoms with Crippen LogP contribution in [0.3, 0.4) is 0 Å². The van der Waals surface area contributed by atoms with Gasteiger partial charge in [0.15, 0.2) is 0 Å². The number of nitrogens with one attached hydrogen (secondary N) is 1. The molecule has 1 aliphatic heterocycles. The fourth-order valence-corrected chi connectivity index (χ4v) is 3.88. The van der Waals surface area contributed by atoms with Crippen LogP contribution in [0.2, 0.25) is 0 Å². The molecule has 8 heteroatoms. The van der Waals surface area contributed by atoms with Crippen LogP contribution in [0.1, 0.15) is 12.8 Å². The van der Waals surface area contributed by atoms with Crippen molar-refractivity contribution in [2.75, 3.05) is 24.7 Å². The summed E-state index contributed by atoms with van der Waals surface area (Å²) in [5.41, 5.74) is -0.180. The first kappa shape index (κ1) is 16.7. The van der Waals surface area contributed by atoms with E-state index in [1.165, 1.54) is 10.6 Å². The molecular weight excluding hydrogens is 328 g/mol. The zero-order valence-corrected chi connectivity index (χ0v) is 14.2. The number of para-hydroxylation sites is 1. The van der Waals surface area contributed by atoms with E-state index in [0.29, 0.717) is 31.6 Å². The van der Waals surface area contributed by atoms with Gasteiger partial charge in [-0.15, -0.1) is 0 Å². The van der Waals surface area contributed by atoms with Gasteiger partial charge in [-0.1, -0.05) is 18.2 Å². The van der Waals surface area contributed by atoms with Crippen LogP contribution in [0.4, 0.5) is 5.69 Å². The maximum atomic E-state index is 13.0. The summed E-state index contributed by atoms with van der Waals surface area (Å²) >= 11 is 0. The van der Waals surface area contributed by atoms with Gasteiger partial charge in [0.1, 0.15) is 5.54 Å². The SMILES string of the molecule is CS(=O)(=O)N1CCC(C(=O)Nc2ccccc2)(n2cccn2)CC1. The molecule has 7 nitrogen and oxygen atoms in total. The minimum atomic E-state index is -3.26. The lowest BCUT2D eigenvalue weighted by Crippen LogP contribution is -2.54. The largest absolute Gasteiger partial charge is 0.324 e. The maximum absolute atomic E-state index is 13.0. The Labute approximate surface area is 141 Å². The second kappa shape index (κ2) is 6.37. The van der Waals surface area contributed by atoms with Gasteiger partial charge in [0.25, 0.3) is 5.91 Å². The summed E-state index contributed by atoms with van der Waals surface area (Å²) in [7, 11) is -3.26. The van der Waals surface area contributed by atoms with E-state index in [4.69, 9.17) is 0 Å². The highest BCUT2D eigenvalue weighted by atomic mass is 32.2. The van der Waals surface area contributed by atoms with E-state index in [1.807, 2.05) is 30.3 Å². The van der Waals surface area contributed by atoms with E-state index in [-0.39, 0.29) is 5.91 Å². The normalized spacial score (nSPS) is 18.2. The molecule has 0 atom stereocenters. The Morgan fingerprint density at radius 1 is 1.17 bits per heavy atom. The molecule has 1 amide bonds. The Morgan fingerprint density at radius 2 is 1.83 bits per heavy atom. The molecule has 2 heterocycles. The van der Waals surface area contributed by atoms with Gasteiger partial charge in [-0.2, -0.15) is 5.10 Å². The van der Waals surface area contributed by atoms with Gasteiger partial charge in [0.05, 0.1) is 6.26 Å².